The first kappa shape index (κ1) is 12.2. The highest BCUT2D eigenvalue weighted by atomic mass is 16.5. The molecule has 0 aromatic carbocycles. The lowest BCUT2D eigenvalue weighted by atomic mass is 10.1. The van der Waals surface area contributed by atoms with Crippen molar-refractivity contribution < 1.29 is 4.74 Å². The van der Waals surface area contributed by atoms with E-state index in [9.17, 15) is 0 Å². The normalized spacial score (nSPS) is 12.9. The first-order valence-corrected chi connectivity index (χ1v) is 5.27. The van der Waals surface area contributed by atoms with Crippen molar-refractivity contribution in [2.75, 3.05) is 20.3 Å². The second-order valence-corrected chi connectivity index (χ2v) is 3.55. The molecule has 0 fully saturated rings. The topological polar surface area (TPSA) is 76.0 Å². The van der Waals surface area contributed by atoms with Crippen molar-refractivity contribution in [2.24, 2.45) is 5.73 Å². The van der Waals surface area contributed by atoms with Crippen LogP contribution in [-0.4, -0.2) is 36.5 Å². The molecule has 0 aliphatic heterocycles. The van der Waals surface area contributed by atoms with Gasteiger partial charge in [0.15, 0.2) is 0 Å². The van der Waals surface area contributed by atoms with Crippen LogP contribution in [0.5, 0.6) is 0 Å². The molecule has 15 heavy (non-hydrogen) atoms. The Labute approximate surface area is 90.4 Å². The van der Waals surface area contributed by atoms with E-state index in [1.165, 1.54) is 0 Å². The van der Waals surface area contributed by atoms with Crippen LogP contribution in [0.25, 0.3) is 0 Å². The standard InChI is InChI=1S/C10H20N4O/c1-15-8-10(3-2-5-11)12-7-9-4-6-13-14-9/h4,6,10,12H,2-3,5,7-8,11H2,1H3,(H,13,14). The summed E-state index contributed by atoms with van der Waals surface area (Å²) in [4.78, 5) is 0. The largest absolute Gasteiger partial charge is 0.383 e. The summed E-state index contributed by atoms with van der Waals surface area (Å²) in [5.41, 5.74) is 6.57. The molecule has 1 aromatic heterocycles. The minimum Gasteiger partial charge on any atom is -0.383 e. The lowest BCUT2D eigenvalue weighted by Crippen LogP contribution is -2.33. The Kier molecular flexibility index (Phi) is 5.99. The summed E-state index contributed by atoms with van der Waals surface area (Å²) < 4.78 is 5.14. The highest BCUT2D eigenvalue weighted by Gasteiger charge is 2.07. The predicted molar refractivity (Wildman–Crippen MR) is 59.4 cm³/mol. The molecule has 86 valence electrons. The predicted octanol–water partition coefficient (Wildman–Crippen LogP) is 0.253. The number of rotatable bonds is 8. The number of methoxy groups -OCH3 is 1. The zero-order valence-electron chi connectivity index (χ0n) is 9.20. The van der Waals surface area contributed by atoms with E-state index in [-0.39, 0.29) is 0 Å². The Morgan fingerprint density at radius 1 is 1.67 bits per heavy atom. The Balaban J connectivity index is 2.24. The number of nitrogens with one attached hydrogen (secondary N) is 2. The third-order valence-corrected chi connectivity index (χ3v) is 2.26. The minimum atomic E-state index is 0.363. The highest BCUT2D eigenvalue weighted by Crippen LogP contribution is 1.99. The fourth-order valence-electron chi connectivity index (χ4n) is 1.45. The zero-order chi connectivity index (χ0) is 10.9. The second kappa shape index (κ2) is 7.39. The van der Waals surface area contributed by atoms with Gasteiger partial charge in [-0.2, -0.15) is 5.10 Å². The molecule has 0 radical (unpaired) electrons. The summed E-state index contributed by atoms with van der Waals surface area (Å²) in [5, 5.41) is 10.2. The van der Waals surface area contributed by atoms with Crippen molar-refractivity contribution in [2.45, 2.75) is 25.4 Å². The van der Waals surface area contributed by atoms with Crippen molar-refractivity contribution in [3.8, 4) is 0 Å². The van der Waals surface area contributed by atoms with Crippen molar-refractivity contribution in [1.29, 1.82) is 0 Å². The fourth-order valence-corrected chi connectivity index (χ4v) is 1.45. The highest BCUT2D eigenvalue weighted by molar-refractivity contribution is 4.96. The molecule has 1 unspecified atom stereocenters. The fraction of sp³-hybridized carbons (Fsp3) is 0.700. The molecule has 0 saturated carbocycles. The van der Waals surface area contributed by atoms with E-state index >= 15 is 0 Å². The maximum atomic E-state index is 5.48. The smallest absolute Gasteiger partial charge is 0.0615 e. The molecule has 1 heterocycles. The van der Waals surface area contributed by atoms with E-state index in [2.05, 4.69) is 15.5 Å². The van der Waals surface area contributed by atoms with E-state index in [1.54, 1.807) is 13.3 Å². The maximum absolute atomic E-state index is 5.48. The quantitative estimate of drug-likeness (QED) is 0.577. The van der Waals surface area contributed by atoms with Gasteiger partial charge in [-0.05, 0) is 25.5 Å². The van der Waals surface area contributed by atoms with Gasteiger partial charge >= 0.3 is 0 Å². The Hall–Kier alpha value is -0.910. The summed E-state index contributed by atoms with van der Waals surface area (Å²) in [7, 11) is 1.72. The van der Waals surface area contributed by atoms with E-state index in [4.69, 9.17) is 10.5 Å². The van der Waals surface area contributed by atoms with Gasteiger partial charge < -0.3 is 15.8 Å². The molecule has 0 aliphatic carbocycles. The monoisotopic (exact) mass is 212 g/mol. The molecule has 5 heteroatoms. The Bertz CT molecular complexity index is 238. The molecular formula is C10H20N4O. The molecule has 0 amide bonds. The van der Waals surface area contributed by atoms with Gasteiger partial charge in [0.2, 0.25) is 0 Å². The Morgan fingerprint density at radius 3 is 3.13 bits per heavy atom. The van der Waals surface area contributed by atoms with Crippen LogP contribution < -0.4 is 11.1 Å². The average Bonchev–Trinajstić information content (AvgIpc) is 2.75. The van der Waals surface area contributed by atoms with E-state index < -0.39 is 0 Å². The number of aromatic amines is 1. The van der Waals surface area contributed by atoms with Crippen LogP contribution in [0.15, 0.2) is 12.3 Å². The van der Waals surface area contributed by atoms with Crippen molar-refractivity contribution in [3.63, 3.8) is 0 Å². The third-order valence-electron chi connectivity index (χ3n) is 2.26. The zero-order valence-corrected chi connectivity index (χ0v) is 9.20. The van der Waals surface area contributed by atoms with Crippen LogP contribution in [0, 0.1) is 0 Å². The first-order valence-electron chi connectivity index (χ1n) is 5.27. The van der Waals surface area contributed by atoms with Gasteiger partial charge in [0.05, 0.1) is 6.61 Å². The number of nitrogens with two attached hydrogens (primary N) is 1. The van der Waals surface area contributed by atoms with Crippen molar-refractivity contribution in [3.05, 3.63) is 18.0 Å². The molecule has 0 aliphatic rings. The van der Waals surface area contributed by atoms with Crippen LogP contribution in [0.2, 0.25) is 0 Å². The summed E-state index contributed by atoms with van der Waals surface area (Å²) in [6.45, 7) is 2.23. The van der Waals surface area contributed by atoms with E-state index in [0.29, 0.717) is 12.6 Å². The van der Waals surface area contributed by atoms with Gasteiger partial charge in [0, 0.05) is 31.6 Å². The molecule has 1 aromatic rings. The van der Waals surface area contributed by atoms with Gasteiger partial charge in [0.25, 0.3) is 0 Å². The average molecular weight is 212 g/mol. The molecule has 1 rings (SSSR count). The summed E-state index contributed by atoms with van der Waals surface area (Å²) in [6, 6.07) is 2.32. The summed E-state index contributed by atoms with van der Waals surface area (Å²) in [5.74, 6) is 0. The molecule has 1 atom stereocenters. The molecule has 5 nitrogen and oxygen atoms in total. The van der Waals surface area contributed by atoms with Gasteiger partial charge in [-0.15, -0.1) is 0 Å². The molecule has 0 spiro atoms. The number of hydrogen-bond donors (Lipinski definition) is 3. The number of H-pyrrole nitrogens is 1. The third kappa shape index (κ3) is 4.92. The molecule has 4 N–H and O–H groups in total. The lowest BCUT2D eigenvalue weighted by Gasteiger charge is -2.16. The number of nitrogens with zero attached hydrogens (tertiary/aromatic N) is 1. The first-order chi connectivity index (χ1) is 7.36. The molecular weight excluding hydrogens is 192 g/mol. The SMILES string of the molecule is COCC(CCCN)NCc1ccn[nH]1. The number of ether oxygens (including phenoxy) is 1. The maximum Gasteiger partial charge on any atom is 0.0615 e. The van der Waals surface area contributed by atoms with Crippen LogP contribution in [0.1, 0.15) is 18.5 Å². The number of aromatic nitrogens is 2. The van der Waals surface area contributed by atoms with Crippen LogP contribution in [0.3, 0.4) is 0 Å². The van der Waals surface area contributed by atoms with Crippen molar-refractivity contribution in [1.82, 2.24) is 15.5 Å². The van der Waals surface area contributed by atoms with E-state index in [0.717, 1.165) is 31.6 Å². The summed E-state index contributed by atoms with van der Waals surface area (Å²) in [6.07, 6.45) is 3.81. The lowest BCUT2D eigenvalue weighted by molar-refractivity contribution is 0.161. The molecule has 0 saturated heterocycles. The van der Waals surface area contributed by atoms with Gasteiger partial charge in [0.1, 0.15) is 0 Å². The number of hydrogen-bond acceptors (Lipinski definition) is 4. The van der Waals surface area contributed by atoms with Crippen LogP contribution >= 0.6 is 0 Å². The van der Waals surface area contributed by atoms with Crippen LogP contribution in [0.4, 0.5) is 0 Å². The van der Waals surface area contributed by atoms with Gasteiger partial charge in [-0.25, -0.2) is 0 Å². The van der Waals surface area contributed by atoms with E-state index in [1.807, 2.05) is 6.07 Å². The Morgan fingerprint density at radius 2 is 2.53 bits per heavy atom. The van der Waals surface area contributed by atoms with Crippen molar-refractivity contribution >= 4 is 0 Å². The van der Waals surface area contributed by atoms with Gasteiger partial charge in [-0.1, -0.05) is 0 Å². The second-order valence-electron chi connectivity index (χ2n) is 3.55. The van der Waals surface area contributed by atoms with Gasteiger partial charge in [-0.3, -0.25) is 5.10 Å². The summed E-state index contributed by atoms with van der Waals surface area (Å²) >= 11 is 0. The van der Waals surface area contributed by atoms with Crippen LogP contribution in [-0.2, 0) is 11.3 Å². The molecule has 0 bridgehead atoms. The minimum absolute atomic E-state index is 0.363.